The quantitative estimate of drug-likeness (QED) is 0.242. The lowest BCUT2D eigenvalue weighted by Gasteiger charge is -2.28. The second-order valence-electron chi connectivity index (χ2n) is 8.68. The molecule has 2 amide bonds. The van der Waals surface area contributed by atoms with Gasteiger partial charge in [-0.2, -0.15) is 0 Å². The number of nitrogens with one attached hydrogen (secondary N) is 2. The first-order valence-electron chi connectivity index (χ1n) is 11.7. The number of aliphatic carboxylic acids is 1. The van der Waals surface area contributed by atoms with E-state index < -0.39 is 23.8 Å². The maximum Gasteiger partial charge on any atom is 0.303 e. The van der Waals surface area contributed by atoms with Crippen molar-refractivity contribution in [2.45, 2.75) is 32.0 Å². The van der Waals surface area contributed by atoms with Crippen molar-refractivity contribution in [2.75, 3.05) is 0 Å². The third kappa shape index (κ3) is 7.12. The van der Waals surface area contributed by atoms with Crippen LogP contribution in [-0.4, -0.2) is 38.8 Å². The number of H-pyrrole nitrogens is 1. The number of halogens is 2. The average Bonchev–Trinajstić information content (AvgIpc) is 3.33. The highest BCUT2D eigenvalue weighted by Crippen LogP contribution is 2.19. The van der Waals surface area contributed by atoms with E-state index >= 15 is 0 Å². The number of carbonyl (C=O) groups is 3. The summed E-state index contributed by atoms with van der Waals surface area (Å²) >= 11 is 12.0. The van der Waals surface area contributed by atoms with Gasteiger partial charge in [0, 0.05) is 40.5 Å². The molecular weight excluding hydrogens is 513 g/mol. The molecule has 0 aliphatic heterocycles. The van der Waals surface area contributed by atoms with Gasteiger partial charge in [0.2, 0.25) is 5.91 Å². The first-order valence-corrected chi connectivity index (χ1v) is 12.4. The van der Waals surface area contributed by atoms with Crippen LogP contribution in [0.1, 0.15) is 34.5 Å². The first-order chi connectivity index (χ1) is 17.8. The maximum atomic E-state index is 13.8. The summed E-state index contributed by atoms with van der Waals surface area (Å²) in [7, 11) is 0. The predicted molar refractivity (Wildman–Crippen MR) is 144 cm³/mol. The number of hydrogen-bond donors (Lipinski definition) is 3. The molecule has 9 heteroatoms. The summed E-state index contributed by atoms with van der Waals surface area (Å²) in [4.78, 5) is 42.9. The van der Waals surface area contributed by atoms with Gasteiger partial charge >= 0.3 is 5.97 Å². The minimum absolute atomic E-state index is 0.0577. The summed E-state index contributed by atoms with van der Waals surface area (Å²) in [6.07, 6.45) is -0.336. The molecule has 4 rings (SSSR count). The van der Waals surface area contributed by atoms with Gasteiger partial charge in [-0.3, -0.25) is 14.4 Å². The SMILES string of the molecule is O=C(O)CCC(NC(=O)c1cc2ccccc2[nH]1)C(=O)N(Cc1ccc(Cl)cc1)Cc1ccc(Cl)cc1. The largest absolute Gasteiger partial charge is 0.481 e. The highest BCUT2D eigenvalue weighted by Gasteiger charge is 2.28. The molecule has 3 aromatic carbocycles. The zero-order valence-electron chi connectivity index (χ0n) is 19.8. The standard InChI is InChI=1S/C28H25Cl2N3O4/c29-21-9-5-18(6-10-21)16-33(17-19-7-11-22(30)12-8-19)28(37)24(13-14-26(34)35)32-27(36)25-15-20-3-1-2-4-23(20)31-25/h1-12,15,24,31H,13-14,16-17H2,(H,32,36)(H,34,35). The second-order valence-corrected chi connectivity index (χ2v) is 9.55. The number of nitrogens with zero attached hydrogens (tertiary/aromatic N) is 1. The summed E-state index contributed by atoms with van der Waals surface area (Å²) in [5.41, 5.74) is 2.75. The number of carbonyl (C=O) groups excluding carboxylic acids is 2. The molecule has 1 heterocycles. The molecule has 1 aromatic heterocycles. The Morgan fingerprint density at radius 1 is 0.865 bits per heavy atom. The lowest BCUT2D eigenvalue weighted by molar-refractivity contribution is -0.138. The second kappa shape index (κ2) is 12.0. The number of rotatable bonds is 10. The Hall–Kier alpha value is -3.81. The maximum absolute atomic E-state index is 13.8. The van der Waals surface area contributed by atoms with Crippen LogP contribution in [0.25, 0.3) is 10.9 Å². The number of fused-ring (bicyclic) bond motifs is 1. The molecular formula is C28H25Cl2N3O4. The van der Waals surface area contributed by atoms with Crippen LogP contribution in [0.4, 0.5) is 0 Å². The van der Waals surface area contributed by atoms with E-state index in [0.29, 0.717) is 10.0 Å². The van der Waals surface area contributed by atoms with E-state index in [1.807, 2.05) is 48.5 Å². The van der Waals surface area contributed by atoms with Gasteiger partial charge in [0.25, 0.3) is 5.91 Å². The topological polar surface area (TPSA) is 102 Å². The zero-order chi connectivity index (χ0) is 26.4. The number of para-hydroxylation sites is 1. The smallest absolute Gasteiger partial charge is 0.303 e. The summed E-state index contributed by atoms with van der Waals surface area (Å²) < 4.78 is 0. The summed E-state index contributed by atoms with van der Waals surface area (Å²) in [5, 5.41) is 14.0. The fourth-order valence-electron chi connectivity index (χ4n) is 4.01. The van der Waals surface area contributed by atoms with E-state index in [9.17, 15) is 19.5 Å². The Kier molecular flexibility index (Phi) is 8.48. The van der Waals surface area contributed by atoms with E-state index in [2.05, 4.69) is 10.3 Å². The highest BCUT2D eigenvalue weighted by atomic mass is 35.5. The van der Waals surface area contributed by atoms with Crippen LogP contribution < -0.4 is 5.32 Å². The van der Waals surface area contributed by atoms with E-state index in [4.69, 9.17) is 23.2 Å². The third-order valence-corrected chi connectivity index (χ3v) is 6.41. The van der Waals surface area contributed by atoms with Crippen LogP contribution in [0, 0.1) is 0 Å². The molecule has 0 saturated heterocycles. The minimum atomic E-state index is -1.06. The molecule has 4 aromatic rings. The van der Waals surface area contributed by atoms with Gasteiger partial charge in [-0.05, 0) is 53.9 Å². The van der Waals surface area contributed by atoms with Gasteiger partial charge in [0.15, 0.2) is 0 Å². The van der Waals surface area contributed by atoms with Crippen molar-refractivity contribution < 1.29 is 19.5 Å². The third-order valence-electron chi connectivity index (χ3n) is 5.91. The molecule has 1 unspecified atom stereocenters. The number of aromatic nitrogens is 1. The van der Waals surface area contributed by atoms with E-state index in [1.54, 1.807) is 35.2 Å². The van der Waals surface area contributed by atoms with E-state index in [-0.39, 0.29) is 31.6 Å². The molecule has 0 radical (unpaired) electrons. The van der Waals surface area contributed by atoms with Crippen LogP contribution in [0.2, 0.25) is 10.0 Å². The van der Waals surface area contributed by atoms with Gasteiger partial charge in [-0.1, -0.05) is 65.7 Å². The average molecular weight is 538 g/mol. The van der Waals surface area contributed by atoms with Crippen LogP contribution in [0.5, 0.6) is 0 Å². The van der Waals surface area contributed by atoms with Crippen molar-refractivity contribution >= 4 is 51.9 Å². The van der Waals surface area contributed by atoms with Gasteiger partial charge in [0.05, 0.1) is 0 Å². The van der Waals surface area contributed by atoms with E-state index in [1.165, 1.54) is 0 Å². The molecule has 0 aliphatic carbocycles. The summed E-state index contributed by atoms with van der Waals surface area (Å²) in [6, 6.07) is 22.3. The minimum Gasteiger partial charge on any atom is -0.481 e. The van der Waals surface area contributed by atoms with Crippen molar-refractivity contribution in [1.82, 2.24) is 15.2 Å². The van der Waals surface area contributed by atoms with Gasteiger partial charge in [0.1, 0.15) is 11.7 Å². The monoisotopic (exact) mass is 537 g/mol. The number of carboxylic acid groups (broad SMARTS) is 1. The fourth-order valence-corrected chi connectivity index (χ4v) is 4.26. The predicted octanol–water partition coefficient (Wildman–Crippen LogP) is 5.67. The number of hydrogen-bond acceptors (Lipinski definition) is 3. The lowest BCUT2D eigenvalue weighted by atomic mass is 10.1. The van der Waals surface area contributed by atoms with Crippen molar-refractivity contribution in [3.8, 4) is 0 Å². The van der Waals surface area contributed by atoms with Crippen LogP contribution >= 0.6 is 23.2 Å². The van der Waals surface area contributed by atoms with Crippen molar-refractivity contribution in [2.24, 2.45) is 0 Å². The summed E-state index contributed by atoms with van der Waals surface area (Å²) in [6.45, 7) is 0.481. The Morgan fingerprint density at radius 3 is 1.97 bits per heavy atom. The molecule has 0 saturated carbocycles. The number of benzene rings is 3. The van der Waals surface area contributed by atoms with Crippen molar-refractivity contribution in [3.05, 3.63) is 106 Å². The van der Waals surface area contributed by atoms with Crippen LogP contribution in [0.3, 0.4) is 0 Å². The molecule has 3 N–H and O–H groups in total. The first kappa shape index (κ1) is 26.3. The van der Waals surface area contributed by atoms with Crippen LogP contribution in [-0.2, 0) is 22.7 Å². The molecule has 0 fully saturated rings. The Labute approximate surface area is 224 Å². The van der Waals surface area contributed by atoms with Gasteiger partial charge in [-0.15, -0.1) is 0 Å². The Morgan fingerprint density at radius 2 is 1.43 bits per heavy atom. The Balaban J connectivity index is 1.60. The molecule has 37 heavy (non-hydrogen) atoms. The molecule has 7 nitrogen and oxygen atoms in total. The van der Waals surface area contributed by atoms with Crippen molar-refractivity contribution in [1.29, 1.82) is 0 Å². The van der Waals surface area contributed by atoms with Gasteiger partial charge in [-0.25, -0.2) is 0 Å². The summed E-state index contributed by atoms with van der Waals surface area (Å²) in [5.74, 6) is -1.94. The van der Waals surface area contributed by atoms with Crippen molar-refractivity contribution in [3.63, 3.8) is 0 Å². The molecule has 0 spiro atoms. The Bertz CT molecular complexity index is 1320. The molecule has 0 bridgehead atoms. The molecule has 0 aliphatic rings. The van der Waals surface area contributed by atoms with Crippen LogP contribution in [0.15, 0.2) is 78.9 Å². The molecule has 190 valence electrons. The highest BCUT2D eigenvalue weighted by molar-refractivity contribution is 6.30. The zero-order valence-corrected chi connectivity index (χ0v) is 21.3. The molecule has 1 atom stereocenters. The number of aromatic amines is 1. The van der Waals surface area contributed by atoms with Gasteiger partial charge < -0.3 is 20.3 Å². The number of carboxylic acids is 1. The normalized spacial score (nSPS) is 11.7. The number of amides is 2. The lowest BCUT2D eigenvalue weighted by Crippen LogP contribution is -2.48. The van der Waals surface area contributed by atoms with E-state index in [0.717, 1.165) is 22.0 Å². The fraction of sp³-hybridized carbons (Fsp3) is 0.179.